The number of anilines is 1. The minimum atomic E-state index is -4.68. The fraction of sp³-hybridized carbons (Fsp3) is 0.300. The summed E-state index contributed by atoms with van der Waals surface area (Å²) in [6, 6.07) is 2.36. The molecule has 0 aliphatic rings. The van der Waals surface area contributed by atoms with Gasteiger partial charge in [0.05, 0.1) is 5.56 Å². The Morgan fingerprint density at radius 1 is 1.16 bits per heavy atom. The topological polar surface area (TPSA) is 38.0 Å². The van der Waals surface area contributed by atoms with E-state index in [0.717, 1.165) is 12.1 Å². The van der Waals surface area contributed by atoms with Gasteiger partial charge in [0.25, 0.3) is 0 Å². The molecule has 0 radical (unpaired) electrons. The van der Waals surface area contributed by atoms with Crippen molar-refractivity contribution in [2.75, 3.05) is 11.9 Å². The van der Waals surface area contributed by atoms with Crippen LogP contribution in [0.15, 0.2) is 18.2 Å². The number of thiocarbonyl (C=S) groups is 1. The Balaban J connectivity index is 3.07. The number of hydrogen-bond donors (Lipinski definition) is 2. The van der Waals surface area contributed by atoms with E-state index in [4.69, 9.17) is 5.73 Å². The predicted octanol–water partition coefficient (Wildman–Crippen LogP) is 3.31. The first-order chi connectivity index (χ1) is 8.50. The van der Waals surface area contributed by atoms with Crippen LogP contribution in [0.3, 0.4) is 0 Å². The summed E-state index contributed by atoms with van der Waals surface area (Å²) in [6.07, 6.45) is -9.16. The zero-order valence-electron chi connectivity index (χ0n) is 9.19. The van der Waals surface area contributed by atoms with Gasteiger partial charge < -0.3 is 11.1 Å². The molecule has 9 heteroatoms. The number of hydrogen-bond acceptors (Lipinski definition) is 2. The number of nitrogens with one attached hydrogen (secondary N) is 1. The predicted molar refractivity (Wildman–Crippen MR) is 61.9 cm³/mol. The van der Waals surface area contributed by atoms with Gasteiger partial charge in [-0.1, -0.05) is 12.2 Å². The molecule has 0 bridgehead atoms. The normalized spacial score (nSPS) is 12.3. The summed E-state index contributed by atoms with van der Waals surface area (Å²) < 4.78 is 73.7. The molecular weight excluding hydrogens is 294 g/mol. The SMILES string of the molecule is NC(=S)c1cc(NCC(F)(F)F)ccc1C(F)(F)F. The Kier molecular flexibility index (Phi) is 4.28. The van der Waals surface area contributed by atoms with E-state index in [9.17, 15) is 26.3 Å². The lowest BCUT2D eigenvalue weighted by Gasteiger charge is -2.15. The Bertz CT molecular complexity index is 480. The van der Waals surface area contributed by atoms with Crippen molar-refractivity contribution in [3.63, 3.8) is 0 Å². The average molecular weight is 302 g/mol. The Hall–Kier alpha value is -1.51. The molecule has 0 aliphatic carbocycles. The summed E-state index contributed by atoms with van der Waals surface area (Å²) in [7, 11) is 0. The van der Waals surface area contributed by atoms with E-state index in [2.05, 4.69) is 12.2 Å². The fourth-order valence-corrected chi connectivity index (χ4v) is 1.48. The molecule has 1 aromatic carbocycles. The smallest absolute Gasteiger partial charge is 0.389 e. The van der Waals surface area contributed by atoms with Crippen molar-refractivity contribution in [3.05, 3.63) is 29.3 Å². The van der Waals surface area contributed by atoms with Crippen molar-refractivity contribution in [2.24, 2.45) is 5.73 Å². The minimum Gasteiger partial charge on any atom is -0.389 e. The van der Waals surface area contributed by atoms with Crippen molar-refractivity contribution < 1.29 is 26.3 Å². The van der Waals surface area contributed by atoms with Crippen molar-refractivity contribution in [1.29, 1.82) is 0 Å². The highest BCUT2D eigenvalue weighted by molar-refractivity contribution is 7.80. The van der Waals surface area contributed by atoms with Crippen molar-refractivity contribution >= 4 is 22.9 Å². The molecule has 0 heterocycles. The third kappa shape index (κ3) is 4.58. The molecule has 2 nitrogen and oxygen atoms in total. The first kappa shape index (κ1) is 15.5. The van der Waals surface area contributed by atoms with Gasteiger partial charge in [-0.2, -0.15) is 26.3 Å². The second-order valence-electron chi connectivity index (χ2n) is 3.59. The number of rotatable bonds is 3. The second-order valence-corrected chi connectivity index (χ2v) is 4.03. The van der Waals surface area contributed by atoms with Crippen LogP contribution in [0.1, 0.15) is 11.1 Å². The molecule has 0 aliphatic heterocycles. The lowest BCUT2D eigenvalue weighted by atomic mass is 10.1. The summed E-state index contributed by atoms with van der Waals surface area (Å²) in [5.74, 6) is 0. The summed E-state index contributed by atoms with van der Waals surface area (Å²) in [4.78, 5) is -0.539. The molecule has 0 saturated carbocycles. The van der Waals surface area contributed by atoms with E-state index < -0.39 is 35.0 Å². The van der Waals surface area contributed by atoms with E-state index >= 15 is 0 Å². The molecule has 0 spiro atoms. The molecule has 0 fully saturated rings. The van der Waals surface area contributed by atoms with Crippen LogP contribution in [0, 0.1) is 0 Å². The summed E-state index contributed by atoms with van der Waals surface area (Å²) in [5, 5.41) is 1.95. The highest BCUT2D eigenvalue weighted by Crippen LogP contribution is 2.33. The summed E-state index contributed by atoms with van der Waals surface area (Å²) in [5.41, 5.74) is 3.39. The Morgan fingerprint density at radius 3 is 2.16 bits per heavy atom. The van der Waals surface area contributed by atoms with Crippen LogP contribution >= 0.6 is 12.2 Å². The van der Waals surface area contributed by atoms with Crippen LogP contribution in [0.4, 0.5) is 32.0 Å². The molecule has 1 aromatic rings. The fourth-order valence-electron chi connectivity index (χ4n) is 1.31. The maximum absolute atomic E-state index is 12.6. The number of nitrogens with two attached hydrogens (primary N) is 1. The highest BCUT2D eigenvalue weighted by Gasteiger charge is 2.34. The number of benzene rings is 1. The third-order valence-electron chi connectivity index (χ3n) is 2.08. The van der Waals surface area contributed by atoms with Crippen LogP contribution in [0.25, 0.3) is 0 Å². The monoisotopic (exact) mass is 302 g/mol. The van der Waals surface area contributed by atoms with Gasteiger partial charge in [-0.05, 0) is 18.2 Å². The van der Waals surface area contributed by atoms with Crippen molar-refractivity contribution in [1.82, 2.24) is 0 Å². The first-order valence-corrected chi connectivity index (χ1v) is 5.23. The van der Waals surface area contributed by atoms with E-state index in [1.165, 1.54) is 0 Å². The molecule has 0 amide bonds. The van der Waals surface area contributed by atoms with Gasteiger partial charge in [-0.3, -0.25) is 0 Å². The van der Waals surface area contributed by atoms with Crippen LogP contribution in [0.2, 0.25) is 0 Å². The summed E-state index contributed by atoms with van der Waals surface area (Å²) >= 11 is 4.46. The Morgan fingerprint density at radius 2 is 1.74 bits per heavy atom. The second kappa shape index (κ2) is 5.24. The molecule has 0 aromatic heterocycles. The Labute approximate surface area is 109 Å². The number of halogens is 6. The van der Waals surface area contributed by atoms with Gasteiger partial charge in [-0.25, -0.2) is 0 Å². The molecule has 0 atom stereocenters. The van der Waals surface area contributed by atoms with Gasteiger partial charge in [-0.15, -0.1) is 0 Å². The van der Waals surface area contributed by atoms with Gasteiger partial charge in [0.2, 0.25) is 0 Å². The van der Waals surface area contributed by atoms with Crippen LogP contribution in [-0.4, -0.2) is 17.7 Å². The van der Waals surface area contributed by atoms with Gasteiger partial charge in [0.1, 0.15) is 11.5 Å². The van der Waals surface area contributed by atoms with Crippen LogP contribution in [0.5, 0.6) is 0 Å². The van der Waals surface area contributed by atoms with E-state index in [-0.39, 0.29) is 5.69 Å². The molecule has 106 valence electrons. The molecule has 1 rings (SSSR count). The van der Waals surface area contributed by atoms with Gasteiger partial charge >= 0.3 is 12.4 Å². The quantitative estimate of drug-likeness (QED) is 0.664. The van der Waals surface area contributed by atoms with Crippen LogP contribution in [-0.2, 0) is 6.18 Å². The number of alkyl halides is 6. The highest BCUT2D eigenvalue weighted by atomic mass is 32.1. The summed E-state index contributed by atoms with van der Waals surface area (Å²) in [6.45, 7) is -1.37. The lowest BCUT2D eigenvalue weighted by molar-refractivity contribution is -0.137. The van der Waals surface area contributed by atoms with Gasteiger partial charge in [0, 0.05) is 11.3 Å². The van der Waals surface area contributed by atoms with E-state index in [0.29, 0.717) is 6.07 Å². The zero-order chi connectivity index (χ0) is 14.8. The van der Waals surface area contributed by atoms with Crippen molar-refractivity contribution in [3.8, 4) is 0 Å². The first-order valence-electron chi connectivity index (χ1n) is 4.82. The third-order valence-corrected chi connectivity index (χ3v) is 2.30. The van der Waals surface area contributed by atoms with E-state index in [1.54, 1.807) is 0 Å². The molecule has 19 heavy (non-hydrogen) atoms. The maximum Gasteiger partial charge on any atom is 0.417 e. The zero-order valence-corrected chi connectivity index (χ0v) is 10.0. The van der Waals surface area contributed by atoms with E-state index in [1.807, 2.05) is 5.32 Å². The minimum absolute atomic E-state index is 0.145. The largest absolute Gasteiger partial charge is 0.417 e. The molecule has 3 N–H and O–H groups in total. The average Bonchev–Trinajstić information content (AvgIpc) is 2.23. The van der Waals surface area contributed by atoms with Gasteiger partial charge in [0.15, 0.2) is 0 Å². The van der Waals surface area contributed by atoms with Crippen molar-refractivity contribution in [2.45, 2.75) is 12.4 Å². The lowest BCUT2D eigenvalue weighted by Crippen LogP contribution is -2.22. The standard InChI is InChI=1S/C10H8F6N2S/c11-9(12,13)4-18-5-1-2-7(10(14,15)16)6(3-5)8(17)19/h1-3,18H,4H2,(H2,17,19). The maximum atomic E-state index is 12.6. The van der Waals surface area contributed by atoms with Crippen LogP contribution < -0.4 is 11.1 Å². The molecular formula is C10H8F6N2S. The molecule has 0 unspecified atom stereocenters. The molecule has 0 saturated heterocycles.